The van der Waals surface area contributed by atoms with E-state index in [1.165, 1.54) is 17.7 Å². The molecule has 3 N–H and O–H groups in total. The van der Waals surface area contributed by atoms with Gasteiger partial charge in [-0.2, -0.15) is 0 Å². The topological polar surface area (TPSA) is 79.8 Å². The van der Waals surface area contributed by atoms with Gasteiger partial charge in [-0.25, -0.2) is 8.78 Å². The van der Waals surface area contributed by atoms with Gasteiger partial charge in [0.25, 0.3) is 0 Å². The van der Waals surface area contributed by atoms with Gasteiger partial charge >= 0.3 is 0 Å². The molecule has 0 spiro atoms. The fourth-order valence-corrected chi connectivity index (χ4v) is 5.01. The normalized spacial score (nSPS) is 16.5. The molecule has 2 aromatic carbocycles. The van der Waals surface area contributed by atoms with Gasteiger partial charge in [-0.1, -0.05) is 44.5 Å². The van der Waals surface area contributed by atoms with Crippen LogP contribution in [0.4, 0.5) is 8.78 Å². The SMILES string of the molecule is CCCCC1(CCCC(=O)NC(Cc2cc(F)cc(F)c2)C(O)CNCc2cccc(CC)c2)OCCCO1. The van der Waals surface area contributed by atoms with Crippen LogP contribution in [-0.2, 0) is 33.7 Å². The zero-order valence-electron chi connectivity index (χ0n) is 23.3. The number of ether oxygens (including phenoxy) is 2. The summed E-state index contributed by atoms with van der Waals surface area (Å²) in [6, 6.07) is 10.8. The third kappa shape index (κ3) is 10.6. The monoisotopic (exact) mass is 546 g/mol. The largest absolute Gasteiger partial charge is 0.390 e. The van der Waals surface area contributed by atoms with Crippen molar-refractivity contribution in [3.63, 3.8) is 0 Å². The van der Waals surface area contributed by atoms with Crippen molar-refractivity contribution >= 4 is 5.91 Å². The lowest BCUT2D eigenvalue weighted by Gasteiger charge is -2.37. The van der Waals surface area contributed by atoms with E-state index in [1.807, 2.05) is 12.1 Å². The lowest BCUT2D eigenvalue weighted by atomic mass is 9.99. The maximum absolute atomic E-state index is 13.8. The van der Waals surface area contributed by atoms with Gasteiger partial charge in [0.1, 0.15) is 11.6 Å². The minimum absolute atomic E-state index is 0.0985. The van der Waals surface area contributed by atoms with Crippen LogP contribution in [-0.4, -0.2) is 48.7 Å². The molecular formula is C31H44F2N2O4. The van der Waals surface area contributed by atoms with Crippen LogP contribution in [0.5, 0.6) is 0 Å². The van der Waals surface area contributed by atoms with E-state index in [0.717, 1.165) is 43.7 Å². The number of aliphatic hydroxyl groups excluding tert-OH is 1. The number of carbonyl (C=O) groups excluding carboxylic acids is 1. The first-order chi connectivity index (χ1) is 18.8. The number of rotatable bonds is 16. The molecule has 0 aromatic heterocycles. The van der Waals surface area contributed by atoms with E-state index in [4.69, 9.17) is 9.47 Å². The summed E-state index contributed by atoms with van der Waals surface area (Å²) in [4.78, 5) is 12.9. The molecule has 0 aliphatic carbocycles. The predicted octanol–water partition coefficient (Wildman–Crippen LogP) is 5.20. The van der Waals surface area contributed by atoms with Gasteiger partial charge in [0, 0.05) is 38.4 Å². The summed E-state index contributed by atoms with van der Waals surface area (Å²) in [6.45, 7) is 6.30. The Bertz CT molecular complexity index is 1010. The van der Waals surface area contributed by atoms with Crippen LogP contribution >= 0.6 is 0 Å². The van der Waals surface area contributed by atoms with Crippen molar-refractivity contribution in [2.45, 2.75) is 96.1 Å². The zero-order valence-corrected chi connectivity index (χ0v) is 23.3. The average molecular weight is 547 g/mol. The number of halogens is 2. The van der Waals surface area contributed by atoms with Crippen molar-refractivity contribution in [3.05, 3.63) is 70.8 Å². The smallest absolute Gasteiger partial charge is 0.220 e. The third-order valence-corrected chi connectivity index (χ3v) is 7.16. The van der Waals surface area contributed by atoms with Gasteiger partial charge in [-0.15, -0.1) is 0 Å². The third-order valence-electron chi connectivity index (χ3n) is 7.16. The quantitative estimate of drug-likeness (QED) is 0.270. The zero-order chi connectivity index (χ0) is 28.1. The number of nitrogens with one attached hydrogen (secondary N) is 2. The first-order valence-corrected chi connectivity index (χ1v) is 14.3. The molecule has 39 heavy (non-hydrogen) atoms. The van der Waals surface area contributed by atoms with E-state index < -0.39 is 29.6 Å². The lowest BCUT2D eigenvalue weighted by molar-refractivity contribution is -0.274. The molecule has 1 aliphatic heterocycles. The van der Waals surface area contributed by atoms with Crippen LogP contribution in [0.1, 0.15) is 75.5 Å². The van der Waals surface area contributed by atoms with Gasteiger partial charge in [0.15, 0.2) is 5.79 Å². The first kappa shape index (κ1) is 31.1. The Kier molecular flexibility index (Phi) is 12.8. The van der Waals surface area contributed by atoms with Crippen LogP contribution < -0.4 is 10.6 Å². The maximum atomic E-state index is 13.8. The van der Waals surface area contributed by atoms with Crippen LogP contribution in [0.2, 0.25) is 0 Å². The number of hydrogen-bond acceptors (Lipinski definition) is 5. The number of unbranched alkanes of at least 4 members (excludes halogenated alkanes) is 1. The van der Waals surface area contributed by atoms with Crippen LogP contribution in [0.15, 0.2) is 42.5 Å². The minimum Gasteiger partial charge on any atom is -0.390 e. The van der Waals surface area contributed by atoms with E-state index in [0.29, 0.717) is 38.2 Å². The van der Waals surface area contributed by atoms with Crippen LogP contribution in [0, 0.1) is 11.6 Å². The summed E-state index contributed by atoms with van der Waals surface area (Å²) in [7, 11) is 0. The Morgan fingerprint density at radius 1 is 1.00 bits per heavy atom. The molecule has 3 rings (SSSR count). The number of aryl methyl sites for hydroxylation is 1. The molecule has 2 unspecified atom stereocenters. The van der Waals surface area contributed by atoms with Crippen molar-refractivity contribution in [2.24, 2.45) is 0 Å². The Balaban J connectivity index is 1.58. The van der Waals surface area contributed by atoms with E-state index in [1.54, 1.807) is 0 Å². The number of hydrogen-bond donors (Lipinski definition) is 3. The molecule has 216 valence electrons. The number of aliphatic hydroxyl groups is 1. The molecular weight excluding hydrogens is 502 g/mol. The fraction of sp³-hybridized carbons (Fsp3) is 0.581. The van der Waals surface area contributed by atoms with Crippen LogP contribution in [0.25, 0.3) is 0 Å². The van der Waals surface area contributed by atoms with E-state index >= 15 is 0 Å². The summed E-state index contributed by atoms with van der Waals surface area (Å²) in [5.41, 5.74) is 2.70. The van der Waals surface area contributed by atoms with Crippen molar-refractivity contribution in [3.8, 4) is 0 Å². The van der Waals surface area contributed by atoms with Crippen molar-refractivity contribution in [2.75, 3.05) is 19.8 Å². The highest BCUT2D eigenvalue weighted by Gasteiger charge is 2.33. The second kappa shape index (κ2) is 16.0. The molecule has 0 bridgehead atoms. The maximum Gasteiger partial charge on any atom is 0.220 e. The minimum atomic E-state index is -0.962. The molecule has 1 saturated heterocycles. The van der Waals surface area contributed by atoms with Gasteiger partial charge in [0.2, 0.25) is 5.91 Å². The van der Waals surface area contributed by atoms with Crippen molar-refractivity contribution < 1.29 is 28.2 Å². The molecule has 1 fully saturated rings. The highest BCUT2D eigenvalue weighted by molar-refractivity contribution is 5.76. The Morgan fingerprint density at radius 2 is 1.69 bits per heavy atom. The lowest BCUT2D eigenvalue weighted by Crippen LogP contribution is -2.48. The van der Waals surface area contributed by atoms with E-state index in [9.17, 15) is 18.7 Å². The number of benzene rings is 2. The predicted molar refractivity (Wildman–Crippen MR) is 148 cm³/mol. The molecule has 0 saturated carbocycles. The van der Waals surface area contributed by atoms with Crippen molar-refractivity contribution in [1.29, 1.82) is 0 Å². The highest BCUT2D eigenvalue weighted by atomic mass is 19.1. The standard InChI is InChI=1S/C31H44F2N2O4/c1-3-5-12-31(38-14-8-15-39-31)13-7-11-30(37)35-28(19-25-17-26(32)20-27(33)18-25)29(36)22-34-21-24-10-6-9-23(4-2)16-24/h6,9-10,16-18,20,28-29,34,36H,3-5,7-8,11-15,19,21-22H2,1-2H3,(H,35,37). The highest BCUT2D eigenvalue weighted by Crippen LogP contribution is 2.30. The molecule has 2 atom stereocenters. The van der Waals surface area contributed by atoms with E-state index in [2.05, 4.69) is 36.6 Å². The summed E-state index contributed by atoms with van der Waals surface area (Å²) in [6.07, 6.45) is 5.17. The van der Waals surface area contributed by atoms with Gasteiger partial charge in [-0.3, -0.25) is 4.79 Å². The van der Waals surface area contributed by atoms with E-state index in [-0.39, 0.29) is 25.3 Å². The van der Waals surface area contributed by atoms with Crippen LogP contribution in [0.3, 0.4) is 0 Å². The first-order valence-electron chi connectivity index (χ1n) is 14.3. The molecule has 1 heterocycles. The molecule has 8 heteroatoms. The molecule has 6 nitrogen and oxygen atoms in total. The molecule has 1 aliphatic rings. The summed E-state index contributed by atoms with van der Waals surface area (Å²) in [5.74, 6) is -2.24. The average Bonchev–Trinajstić information content (AvgIpc) is 2.91. The Hall–Kier alpha value is -2.39. The van der Waals surface area contributed by atoms with Crippen molar-refractivity contribution in [1.82, 2.24) is 10.6 Å². The van der Waals surface area contributed by atoms with Gasteiger partial charge in [0.05, 0.1) is 25.4 Å². The Morgan fingerprint density at radius 3 is 2.38 bits per heavy atom. The second-order valence-corrected chi connectivity index (χ2v) is 10.4. The summed E-state index contributed by atoms with van der Waals surface area (Å²) in [5, 5.41) is 17.2. The van der Waals surface area contributed by atoms with Gasteiger partial charge < -0.3 is 25.2 Å². The molecule has 2 aromatic rings. The Labute approximate surface area is 231 Å². The number of amides is 1. The second-order valence-electron chi connectivity index (χ2n) is 10.4. The fourth-order valence-electron chi connectivity index (χ4n) is 5.01. The van der Waals surface area contributed by atoms with Gasteiger partial charge in [-0.05, 0) is 60.9 Å². The summed E-state index contributed by atoms with van der Waals surface area (Å²) >= 11 is 0. The molecule has 0 radical (unpaired) electrons. The summed E-state index contributed by atoms with van der Waals surface area (Å²) < 4.78 is 39.7. The number of carbonyl (C=O) groups is 1. The molecule has 1 amide bonds.